The predicted octanol–water partition coefficient (Wildman–Crippen LogP) is 2.69. The molecule has 1 N–H and O–H groups in total. The predicted molar refractivity (Wildman–Crippen MR) is 66.2 cm³/mol. The molecule has 0 unspecified atom stereocenters. The summed E-state index contributed by atoms with van der Waals surface area (Å²) in [7, 11) is 0. The molecule has 0 atom stereocenters. The van der Waals surface area contributed by atoms with Crippen LogP contribution >= 0.6 is 11.6 Å². The molecule has 0 spiro atoms. The van der Waals surface area contributed by atoms with Gasteiger partial charge in [0.1, 0.15) is 5.15 Å². The third-order valence-corrected chi connectivity index (χ3v) is 2.47. The number of carbonyl (C=O) groups is 1. The van der Waals surface area contributed by atoms with Gasteiger partial charge in [-0.1, -0.05) is 17.7 Å². The number of rotatable bonds is 4. The highest BCUT2D eigenvalue weighted by atomic mass is 35.5. The summed E-state index contributed by atoms with van der Waals surface area (Å²) in [5, 5.41) is 3.22. The molecule has 4 nitrogen and oxygen atoms in total. The van der Waals surface area contributed by atoms with E-state index in [4.69, 9.17) is 11.6 Å². The molecule has 0 fully saturated rings. The number of halogens is 2. The van der Waals surface area contributed by atoms with E-state index in [1.54, 1.807) is 18.3 Å². The van der Waals surface area contributed by atoms with Gasteiger partial charge in [-0.25, -0.2) is 14.4 Å². The van der Waals surface area contributed by atoms with Crippen LogP contribution < -0.4 is 5.32 Å². The molecule has 2 heterocycles. The van der Waals surface area contributed by atoms with Crippen molar-refractivity contribution < 1.29 is 9.18 Å². The van der Waals surface area contributed by atoms with Gasteiger partial charge in [0.15, 0.2) is 17.9 Å². The quantitative estimate of drug-likeness (QED) is 0.682. The number of hydrogen-bond donors (Lipinski definition) is 1. The Morgan fingerprint density at radius 3 is 2.78 bits per heavy atom. The highest BCUT2D eigenvalue weighted by Gasteiger charge is 2.04. The lowest BCUT2D eigenvalue weighted by atomic mass is 10.2. The zero-order valence-electron chi connectivity index (χ0n) is 9.23. The summed E-state index contributed by atoms with van der Waals surface area (Å²) in [5.41, 5.74) is 1.05. The Bertz CT molecular complexity index is 560. The summed E-state index contributed by atoms with van der Waals surface area (Å²) in [6.45, 7) is 0.370. The zero-order chi connectivity index (χ0) is 13.0. The first-order valence-electron chi connectivity index (χ1n) is 5.14. The lowest BCUT2D eigenvalue weighted by Crippen LogP contribution is -2.04. The second-order valence-electron chi connectivity index (χ2n) is 3.56. The molecule has 0 aliphatic heterocycles. The molecule has 0 amide bonds. The number of aldehydes is 1. The Hall–Kier alpha value is -2.01. The molecule has 6 heteroatoms. The van der Waals surface area contributed by atoms with Crippen molar-refractivity contribution in [2.75, 3.05) is 5.32 Å². The Labute approximate surface area is 108 Å². The molecule has 2 aromatic heterocycles. The van der Waals surface area contributed by atoms with Gasteiger partial charge >= 0.3 is 0 Å². The summed E-state index contributed by atoms with van der Waals surface area (Å²) in [5.74, 6) is -0.475. The Balaban J connectivity index is 2.06. The van der Waals surface area contributed by atoms with E-state index in [1.807, 2.05) is 0 Å². The summed E-state index contributed by atoms with van der Waals surface area (Å²) in [4.78, 5) is 18.2. The number of anilines is 1. The van der Waals surface area contributed by atoms with Crippen LogP contribution in [0.5, 0.6) is 0 Å². The van der Waals surface area contributed by atoms with Gasteiger partial charge in [-0.3, -0.25) is 4.79 Å². The summed E-state index contributed by atoms with van der Waals surface area (Å²) in [6.07, 6.45) is 3.44. The van der Waals surface area contributed by atoms with Crippen LogP contribution in [0.4, 0.5) is 10.2 Å². The summed E-state index contributed by atoms with van der Waals surface area (Å²) < 4.78 is 13.5. The van der Waals surface area contributed by atoms with Crippen LogP contribution in [0.1, 0.15) is 15.9 Å². The fourth-order valence-electron chi connectivity index (χ4n) is 1.34. The minimum Gasteiger partial charge on any atom is -0.364 e. The minimum atomic E-state index is -0.568. The average Bonchev–Trinajstić information content (AvgIpc) is 2.39. The van der Waals surface area contributed by atoms with E-state index in [0.29, 0.717) is 18.0 Å². The van der Waals surface area contributed by atoms with Gasteiger partial charge in [-0.15, -0.1) is 0 Å². The zero-order valence-corrected chi connectivity index (χ0v) is 9.99. The summed E-state index contributed by atoms with van der Waals surface area (Å²) in [6, 6.07) is 4.56. The van der Waals surface area contributed by atoms with Crippen LogP contribution in [0.25, 0.3) is 0 Å². The molecule has 18 heavy (non-hydrogen) atoms. The lowest BCUT2D eigenvalue weighted by molar-refractivity contribution is 0.112. The number of carbonyl (C=O) groups excluding carboxylic acids is 1. The van der Waals surface area contributed by atoms with Crippen molar-refractivity contribution in [1.29, 1.82) is 0 Å². The van der Waals surface area contributed by atoms with Gasteiger partial charge in [0.25, 0.3) is 0 Å². The second kappa shape index (κ2) is 5.55. The SMILES string of the molecule is O=Cc1cnc(NCc2ccc(Cl)nc2)c(F)c1. The molecular formula is C12H9ClFN3O. The van der Waals surface area contributed by atoms with Crippen molar-refractivity contribution in [1.82, 2.24) is 9.97 Å². The van der Waals surface area contributed by atoms with Crippen molar-refractivity contribution >= 4 is 23.7 Å². The van der Waals surface area contributed by atoms with Crippen molar-refractivity contribution in [3.63, 3.8) is 0 Å². The number of nitrogens with zero attached hydrogens (tertiary/aromatic N) is 2. The number of hydrogen-bond acceptors (Lipinski definition) is 4. The number of aromatic nitrogens is 2. The molecule has 92 valence electrons. The maximum absolute atomic E-state index is 13.5. The Kier molecular flexibility index (Phi) is 3.84. The highest BCUT2D eigenvalue weighted by molar-refractivity contribution is 6.29. The van der Waals surface area contributed by atoms with E-state index < -0.39 is 5.82 Å². The van der Waals surface area contributed by atoms with E-state index in [2.05, 4.69) is 15.3 Å². The lowest BCUT2D eigenvalue weighted by Gasteiger charge is -2.06. The van der Waals surface area contributed by atoms with Crippen LogP contribution in [0.15, 0.2) is 30.6 Å². The van der Waals surface area contributed by atoms with Crippen LogP contribution in [0.3, 0.4) is 0 Å². The number of pyridine rings is 2. The normalized spacial score (nSPS) is 10.1. The first kappa shape index (κ1) is 12.4. The van der Waals surface area contributed by atoms with Crippen molar-refractivity contribution in [2.24, 2.45) is 0 Å². The van der Waals surface area contributed by atoms with Gasteiger partial charge in [-0.05, 0) is 17.7 Å². The largest absolute Gasteiger partial charge is 0.364 e. The van der Waals surface area contributed by atoms with Crippen LogP contribution in [0, 0.1) is 5.82 Å². The standard InChI is InChI=1S/C12H9ClFN3O/c13-11-2-1-8(4-15-11)5-16-12-10(14)3-9(7-18)6-17-12/h1-4,6-7H,5H2,(H,16,17). The molecule has 2 aromatic rings. The molecule has 0 radical (unpaired) electrons. The van der Waals surface area contributed by atoms with E-state index in [1.165, 1.54) is 6.20 Å². The minimum absolute atomic E-state index is 0.0931. The molecule has 0 aromatic carbocycles. The van der Waals surface area contributed by atoms with E-state index >= 15 is 0 Å². The third kappa shape index (κ3) is 3.01. The van der Waals surface area contributed by atoms with Crippen LogP contribution in [0.2, 0.25) is 5.15 Å². The van der Waals surface area contributed by atoms with Gasteiger partial charge in [0.2, 0.25) is 0 Å². The smallest absolute Gasteiger partial charge is 0.166 e. The summed E-state index contributed by atoms with van der Waals surface area (Å²) >= 11 is 5.65. The van der Waals surface area contributed by atoms with Crippen molar-refractivity contribution in [2.45, 2.75) is 6.54 Å². The van der Waals surface area contributed by atoms with Gasteiger partial charge in [-0.2, -0.15) is 0 Å². The average molecular weight is 266 g/mol. The number of nitrogens with one attached hydrogen (secondary N) is 1. The molecular weight excluding hydrogens is 257 g/mol. The van der Waals surface area contributed by atoms with E-state index in [0.717, 1.165) is 11.6 Å². The fourth-order valence-corrected chi connectivity index (χ4v) is 1.46. The van der Waals surface area contributed by atoms with Gasteiger partial charge < -0.3 is 5.32 Å². The molecule has 2 rings (SSSR count). The Morgan fingerprint density at radius 1 is 1.33 bits per heavy atom. The molecule has 0 aliphatic carbocycles. The monoisotopic (exact) mass is 265 g/mol. The molecule has 0 bridgehead atoms. The first-order chi connectivity index (χ1) is 8.69. The van der Waals surface area contributed by atoms with Crippen molar-refractivity contribution in [3.8, 4) is 0 Å². The third-order valence-electron chi connectivity index (χ3n) is 2.25. The van der Waals surface area contributed by atoms with Crippen molar-refractivity contribution in [3.05, 3.63) is 52.7 Å². The van der Waals surface area contributed by atoms with Gasteiger partial charge in [0, 0.05) is 24.5 Å². The topological polar surface area (TPSA) is 54.9 Å². The second-order valence-corrected chi connectivity index (χ2v) is 3.95. The van der Waals surface area contributed by atoms with Crippen LogP contribution in [-0.4, -0.2) is 16.3 Å². The fraction of sp³-hybridized carbons (Fsp3) is 0.0833. The maximum atomic E-state index is 13.5. The highest BCUT2D eigenvalue weighted by Crippen LogP contribution is 2.13. The first-order valence-corrected chi connectivity index (χ1v) is 5.52. The van der Waals surface area contributed by atoms with Crippen LogP contribution in [-0.2, 0) is 6.54 Å². The van der Waals surface area contributed by atoms with E-state index in [9.17, 15) is 9.18 Å². The molecule has 0 saturated heterocycles. The van der Waals surface area contributed by atoms with E-state index in [-0.39, 0.29) is 11.4 Å². The Morgan fingerprint density at radius 2 is 2.17 bits per heavy atom. The molecule has 0 aliphatic rings. The van der Waals surface area contributed by atoms with Gasteiger partial charge in [0.05, 0.1) is 0 Å². The maximum Gasteiger partial charge on any atom is 0.166 e. The molecule has 0 saturated carbocycles.